The Balaban J connectivity index is 1.93. The van der Waals surface area contributed by atoms with Crippen LogP contribution in [0.25, 0.3) is 0 Å². The van der Waals surface area contributed by atoms with Crippen molar-refractivity contribution in [2.75, 3.05) is 19.7 Å². The van der Waals surface area contributed by atoms with E-state index in [9.17, 15) is 10.2 Å². The first-order valence-corrected chi connectivity index (χ1v) is 7.11. The molecule has 2 N–H and O–H groups in total. The minimum absolute atomic E-state index is 0.0292. The Labute approximate surface area is 113 Å². The van der Waals surface area contributed by atoms with Crippen molar-refractivity contribution in [2.45, 2.75) is 38.3 Å². The second kappa shape index (κ2) is 5.02. The summed E-state index contributed by atoms with van der Waals surface area (Å²) < 4.78 is 5.95. The summed E-state index contributed by atoms with van der Waals surface area (Å²) in [6.45, 7) is 5.03. The number of aromatic hydroxyl groups is 2. The quantitative estimate of drug-likeness (QED) is 0.803. The van der Waals surface area contributed by atoms with Gasteiger partial charge in [0, 0.05) is 12.6 Å². The van der Waals surface area contributed by atoms with Crippen molar-refractivity contribution in [2.24, 2.45) is 0 Å². The molecule has 1 heterocycles. The third-order valence-electron chi connectivity index (χ3n) is 4.26. The molecule has 1 aromatic carbocycles. The average Bonchev–Trinajstić information content (AvgIpc) is 2.41. The van der Waals surface area contributed by atoms with Gasteiger partial charge in [0.2, 0.25) is 0 Å². The van der Waals surface area contributed by atoms with Crippen LogP contribution in [0.2, 0.25) is 0 Å². The molecule has 2 atom stereocenters. The van der Waals surface area contributed by atoms with E-state index in [2.05, 4.69) is 11.8 Å². The van der Waals surface area contributed by atoms with Gasteiger partial charge in [-0.1, -0.05) is 6.92 Å². The van der Waals surface area contributed by atoms with Crippen LogP contribution in [-0.2, 0) is 11.2 Å². The maximum Gasteiger partial charge on any atom is 0.157 e. The van der Waals surface area contributed by atoms with E-state index in [-0.39, 0.29) is 17.6 Å². The lowest BCUT2D eigenvalue weighted by Crippen LogP contribution is -2.49. The van der Waals surface area contributed by atoms with Crippen LogP contribution >= 0.6 is 0 Å². The third kappa shape index (κ3) is 2.19. The first kappa shape index (κ1) is 12.8. The maximum atomic E-state index is 9.72. The second-order valence-corrected chi connectivity index (χ2v) is 5.47. The number of phenolic OH excluding ortho intramolecular Hbond substituents is 2. The Morgan fingerprint density at radius 2 is 2.11 bits per heavy atom. The third-order valence-corrected chi connectivity index (χ3v) is 4.26. The van der Waals surface area contributed by atoms with E-state index in [0.29, 0.717) is 6.04 Å². The molecule has 1 aliphatic carbocycles. The molecule has 3 rings (SSSR count). The molecule has 0 amide bonds. The molecule has 0 aromatic heterocycles. The number of hydrogen-bond acceptors (Lipinski definition) is 4. The SMILES string of the molecule is CCCN1CCO[C@@H]2c3cc(O)c(O)cc3CC[C@H]21. The summed E-state index contributed by atoms with van der Waals surface area (Å²) in [6.07, 6.45) is 3.18. The molecule has 4 heteroatoms. The summed E-state index contributed by atoms with van der Waals surface area (Å²) in [5.74, 6) is -0.0750. The van der Waals surface area contributed by atoms with Crippen LogP contribution in [0, 0.1) is 0 Å². The van der Waals surface area contributed by atoms with Crippen molar-refractivity contribution < 1.29 is 14.9 Å². The van der Waals surface area contributed by atoms with Gasteiger partial charge in [-0.25, -0.2) is 0 Å². The van der Waals surface area contributed by atoms with Crippen molar-refractivity contribution in [3.05, 3.63) is 23.3 Å². The number of fused-ring (bicyclic) bond motifs is 3. The number of benzene rings is 1. The minimum atomic E-state index is -0.0457. The van der Waals surface area contributed by atoms with Gasteiger partial charge >= 0.3 is 0 Å². The fourth-order valence-corrected chi connectivity index (χ4v) is 3.38. The van der Waals surface area contributed by atoms with E-state index in [0.717, 1.165) is 50.1 Å². The molecule has 0 saturated carbocycles. The highest BCUT2D eigenvalue weighted by Gasteiger charge is 2.37. The Morgan fingerprint density at radius 3 is 2.89 bits per heavy atom. The molecular weight excluding hydrogens is 242 g/mol. The van der Waals surface area contributed by atoms with Crippen LogP contribution in [0.4, 0.5) is 0 Å². The van der Waals surface area contributed by atoms with Gasteiger partial charge in [-0.15, -0.1) is 0 Å². The van der Waals surface area contributed by atoms with Gasteiger partial charge < -0.3 is 14.9 Å². The molecule has 1 saturated heterocycles. The van der Waals surface area contributed by atoms with Gasteiger partial charge in [-0.2, -0.15) is 0 Å². The Bertz CT molecular complexity index is 473. The molecule has 1 aromatic rings. The van der Waals surface area contributed by atoms with Crippen LogP contribution in [0.5, 0.6) is 11.5 Å². The number of aryl methyl sites for hydroxylation is 1. The van der Waals surface area contributed by atoms with Crippen molar-refractivity contribution in [3.63, 3.8) is 0 Å². The Morgan fingerprint density at radius 1 is 1.32 bits per heavy atom. The minimum Gasteiger partial charge on any atom is -0.504 e. The number of hydrogen-bond donors (Lipinski definition) is 2. The molecule has 4 nitrogen and oxygen atoms in total. The first-order valence-electron chi connectivity index (χ1n) is 7.11. The molecule has 104 valence electrons. The Kier molecular flexibility index (Phi) is 3.37. The van der Waals surface area contributed by atoms with Crippen LogP contribution in [0.15, 0.2) is 12.1 Å². The van der Waals surface area contributed by atoms with Crippen LogP contribution in [-0.4, -0.2) is 40.9 Å². The van der Waals surface area contributed by atoms with Crippen LogP contribution in [0.3, 0.4) is 0 Å². The Hall–Kier alpha value is -1.26. The number of nitrogens with zero attached hydrogens (tertiary/aromatic N) is 1. The van der Waals surface area contributed by atoms with Crippen molar-refractivity contribution in [3.8, 4) is 11.5 Å². The summed E-state index contributed by atoms with van der Waals surface area (Å²) in [5.41, 5.74) is 2.15. The predicted octanol–water partition coefficient (Wildman–Crippen LogP) is 2.20. The van der Waals surface area contributed by atoms with Gasteiger partial charge in [0.25, 0.3) is 0 Å². The summed E-state index contributed by atoms with van der Waals surface area (Å²) in [4.78, 5) is 2.50. The topological polar surface area (TPSA) is 52.9 Å². The zero-order valence-electron chi connectivity index (χ0n) is 11.3. The highest BCUT2D eigenvalue weighted by atomic mass is 16.5. The number of ether oxygens (including phenoxy) is 1. The summed E-state index contributed by atoms with van der Waals surface area (Å²) in [5, 5.41) is 19.3. The standard InChI is InChI=1S/C15H21NO3/c1-2-5-16-6-7-19-15-11-9-14(18)13(17)8-10(11)3-4-12(15)16/h8-9,12,15,17-18H,2-7H2,1H3/t12-,15-/m1/s1. The van der Waals surface area contributed by atoms with Crippen LogP contribution < -0.4 is 0 Å². The van der Waals surface area contributed by atoms with Gasteiger partial charge in [-0.3, -0.25) is 4.90 Å². The van der Waals surface area contributed by atoms with Gasteiger partial charge in [0.15, 0.2) is 11.5 Å². The van der Waals surface area contributed by atoms with Crippen molar-refractivity contribution in [1.82, 2.24) is 4.90 Å². The number of rotatable bonds is 2. The van der Waals surface area contributed by atoms with E-state index in [1.54, 1.807) is 12.1 Å². The molecule has 0 unspecified atom stereocenters. The average molecular weight is 263 g/mol. The lowest BCUT2D eigenvalue weighted by molar-refractivity contribution is -0.0802. The second-order valence-electron chi connectivity index (χ2n) is 5.47. The van der Waals surface area contributed by atoms with Gasteiger partial charge in [0.1, 0.15) is 0 Å². The van der Waals surface area contributed by atoms with E-state index in [1.165, 1.54) is 0 Å². The van der Waals surface area contributed by atoms with Crippen molar-refractivity contribution >= 4 is 0 Å². The molecule has 0 radical (unpaired) electrons. The monoisotopic (exact) mass is 263 g/mol. The van der Waals surface area contributed by atoms with E-state index in [4.69, 9.17) is 4.74 Å². The number of phenols is 2. The smallest absolute Gasteiger partial charge is 0.157 e. The normalized spacial score (nSPS) is 26.8. The van der Waals surface area contributed by atoms with Crippen LogP contribution in [0.1, 0.15) is 37.0 Å². The highest BCUT2D eigenvalue weighted by Crippen LogP contribution is 2.41. The van der Waals surface area contributed by atoms with E-state index >= 15 is 0 Å². The highest BCUT2D eigenvalue weighted by molar-refractivity contribution is 5.48. The molecule has 19 heavy (non-hydrogen) atoms. The van der Waals surface area contributed by atoms with Crippen molar-refractivity contribution in [1.29, 1.82) is 0 Å². The van der Waals surface area contributed by atoms with Gasteiger partial charge in [0.05, 0.1) is 12.7 Å². The van der Waals surface area contributed by atoms with E-state index in [1.807, 2.05) is 0 Å². The fraction of sp³-hybridized carbons (Fsp3) is 0.600. The molecule has 1 fully saturated rings. The molecule has 1 aliphatic heterocycles. The van der Waals surface area contributed by atoms with Gasteiger partial charge in [-0.05, 0) is 49.1 Å². The molecule has 0 bridgehead atoms. The first-order chi connectivity index (χ1) is 9.20. The lowest BCUT2D eigenvalue weighted by atomic mass is 9.83. The molecule has 2 aliphatic rings. The zero-order chi connectivity index (χ0) is 13.4. The van der Waals surface area contributed by atoms with E-state index < -0.39 is 0 Å². The molecular formula is C15H21NO3. The summed E-state index contributed by atoms with van der Waals surface area (Å²) in [6, 6.07) is 3.77. The lowest BCUT2D eigenvalue weighted by Gasteiger charge is -2.44. The molecule has 0 spiro atoms. The predicted molar refractivity (Wildman–Crippen MR) is 72.4 cm³/mol. The fourth-order valence-electron chi connectivity index (χ4n) is 3.38. The summed E-state index contributed by atoms with van der Waals surface area (Å²) in [7, 11) is 0. The maximum absolute atomic E-state index is 9.72. The number of morpholine rings is 1. The summed E-state index contributed by atoms with van der Waals surface area (Å²) >= 11 is 0. The zero-order valence-corrected chi connectivity index (χ0v) is 11.3. The largest absolute Gasteiger partial charge is 0.504 e.